The lowest BCUT2D eigenvalue weighted by molar-refractivity contribution is 0.416. The van der Waals surface area contributed by atoms with Crippen molar-refractivity contribution in [3.63, 3.8) is 0 Å². The van der Waals surface area contributed by atoms with Crippen molar-refractivity contribution < 1.29 is 4.74 Å². The van der Waals surface area contributed by atoms with Crippen molar-refractivity contribution in [2.24, 2.45) is 0 Å². The van der Waals surface area contributed by atoms with E-state index in [4.69, 9.17) is 9.72 Å². The van der Waals surface area contributed by atoms with Crippen molar-refractivity contribution in [2.45, 2.75) is 24.4 Å². The van der Waals surface area contributed by atoms with Crippen LogP contribution in [0, 0.1) is 0 Å². The molecule has 3 rings (SSSR count). The molecule has 0 radical (unpaired) electrons. The predicted octanol–water partition coefficient (Wildman–Crippen LogP) is 4.33. The van der Waals surface area contributed by atoms with Crippen LogP contribution in [0.2, 0.25) is 0 Å². The Labute approximate surface area is 138 Å². The first kappa shape index (κ1) is 15.1. The summed E-state index contributed by atoms with van der Waals surface area (Å²) >= 11 is 3.36. The lowest BCUT2D eigenvalue weighted by Gasteiger charge is -2.04. The van der Waals surface area contributed by atoms with Gasteiger partial charge in [-0.2, -0.15) is 0 Å². The molecule has 4 nitrogen and oxygen atoms in total. The van der Waals surface area contributed by atoms with Gasteiger partial charge in [0.15, 0.2) is 5.16 Å². The van der Waals surface area contributed by atoms with Crippen LogP contribution in [0.5, 0.6) is 5.75 Å². The summed E-state index contributed by atoms with van der Waals surface area (Å²) in [7, 11) is 1.69. The molecule has 0 saturated heterocycles. The number of para-hydroxylation sites is 1. The van der Waals surface area contributed by atoms with Crippen molar-refractivity contribution in [1.82, 2.24) is 14.5 Å². The van der Waals surface area contributed by atoms with Gasteiger partial charge in [-0.1, -0.05) is 23.9 Å². The average Bonchev–Trinajstić information content (AvgIpc) is 3.21. The summed E-state index contributed by atoms with van der Waals surface area (Å²) in [5, 5.41) is 4.13. The summed E-state index contributed by atoms with van der Waals surface area (Å²) in [4.78, 5) is 9.10. The van der Waals surface area contributed by atoms with E-state index in [2.05, 4.69) is 21.9 Å². The molecule has 0 unspecified atom stereocenters. The SMILES string of the molecule is CCn1ccnc1SCc1csc(-c2ccccc2OC)n1. The highest BCUT2D eigenvalue weighted by Gasteiger charge is 2.10. The van der Waals surface area contributed by atoms with Crippen molar-refractivity contribution in [3.05, 3.63) is 47.7 Å². The Morgan fingerprint density at radius 3 is 3.00 bits per heavy atom. The molecule has 114 valence electrons. The largest absolute Gasteiger partial charge is 0.496 e. The van der Waals surface area contributed by atoms with E-state index in [0.29, 0.717) is 0 Å². The van der Waals surface area contributed by atoms with E-state index in [-0.39, 0.29) is 0 Å². The standard InChI is InChI=1S/C16H17N3OS2/c1-3-19-9-8-17-16(19)22-11-12-10-21-15(18-12)13-6-4-5-7-14(13)20-2/h4-10H,3,11H2,1-2H3. The molecule has 0 bridgehead atoms. The maximum Gasteiger partial charge on any atom is 0.168 e. The Hall–Kier alpha value is -1.79. The van der Waals surface area contributed by atoms with Crippen LogP contribution >= 0.6 is 23.1 Å². The molecule has 3 aromatic rings. The van der Waals surface area contributed by atoms with E-state index in [1.54, 1.807) is 30.2 Å². The molecule has 6 heteroatoms. The number of rotatable bonds is 6. The van der Waals surface area contributed by atoms with Gasteiger partial charge in [-0.15, -0.1) is 11.3 Å². The summed E-state index contributed by atoms with van der Waals surface area (Å²) in [6, 6.07) is 7.98. The van der Waals surface area contributed by atoms with Gasteiger partial charge in [0.05, 0.1) is 18.4 Å². The van der Waals surface area contributed by atoms with Crippen LogP contribution in [0.1, 0.15) is 12.6 Å². The first-order chi connectivity index (χ1) is 10.8. The number of aromatic nitrogens is 3. The van der Waals surface area contributed by atoms with E-state index >= 15 is 0 Å². The fraction of sp³-hybridized carbons (Fsp3) is 0.250. The third kappa shape index (κ3) is 3.18. The van der Waals surface area contributed by atoms with Crippen LogP contribution in [0.4, 0.5) is 0 Å². The third-order valence-electron chi connectivity index (χ3n) is 3.26. The Morgan fingerprint density at radius 2 is 2.18 bits per heavy atom. The molecule has 0 spiro atoms. The normalized spacial score (nSPS) is 10.8. The van der Waals surface area contributed by atoms with Gasteiger partial charge in [-0.25, -0.2) is 9.97 Å². The van der Waals surface area contributed by atoms with E-state index < -0.39 is 0 Å². The zero-order valence-corrected chi connectivity index (χ0v) is 14.2. The van der Waals surface area contributed by atoms with E-state index in [9.17, 15) is 0 Å². The van der Waals surface area contributed by atoms with E-state index in [1.165, 1.54) is 0 Å². The number of hydrogen-bond donors (Lipinski definition) is 0. The molecule has 0 amide bonds. The lowest BCUT2D eigenvalue weighted by atomic mass is 10.2. The van der Waals surface area contributed by atoms with Crippen molar-refractivity contribution in [3.8, 4) is 16.3 Å². The number of imidazole rings is 1. The van der Waals surface area contributed by atoms with E-state index in [0.717, 1.165) is 39.5 Å². The zero-order chi connectivity index (χ0) is 15.4. The maximum atomic E-state index is 5.41. The molecular formula is C16H17N3OS2. The molecule has 0 atom stereocenters. The second-order valence-corrected chi connectivity index (χ2v) is 6.43. The average molecular weight is 331 g/mol. The summed E-state index contributed by atoms with van der Waals surface area (Å²) in [5.74, 6) is 1.68. The van der Waals surface area contributed by atoms with Gasteiger partial charge in [0.25, 0.3) is 0 Å². The molecule has 0 aliphatic heterocycles. The highest BCUT2D eigenvalue weighted by atomic mass is 32.2. The van der Waals surface area contributed by atoms with Gasteiger partial charge < -0.3 is 9.30 Å². The number of methoxy groups -OCH3 is 1. The Morgan fingerprint density at radius 1 is 1.32 bits per heavy atom. The van der Waals surface area contributed by atoms with Gasteiger partial charge in [-0.3, -0.25) is 0 Å². The van der Waals surface area contributed by atoms with Gasteiger partial charge in [0.1, 0.15) is 10.8 Å². The molecular weight excluding hydrogens is 314 g/mol. The molecule has 1 aromatic carbocycles. The minimum atomic E-state index is 0.822. The predicted molar refractivity (Wildman–Crippen MR) is 91.6 cm³/mol. The summed E-state index contributed by atoms with van der Waals surface area (Å²) in [6.07, 6.45) is 3.84. The topological polar surface area (TPSA) is 39.9 Å². The highest BCUT2D eigenvalue weighted by molar-refractivity contribution is 7.98. The zero-order valence-electron chi connectivity index (χ0n) is 12.5. The third-order valence-corrected chi connectivity index (χ3v) is 5.22. The van der Waals surface area contributed by atoms with Gasteiger partial charge >= 0.3 is 0 Å². The molecule has 2 aromatic heterocycles. The van der Waals surface area contributed by atoms with Gasteiger partial charge in [0, 0.05) is 30.1 Å². The summed E-state index contributed by atoms with van der Waals surface area (Å²) in [5.41, 5.74) is 2.11. The van der Waals surface area contributed by atoms with Crippen molar-refractivity contribution >= 4 is 23.1 Å². The summed E-state index contributed by atoms with van der Waals surface area (Å²) in [6.45, 7) is 3.06. The van der Waals surface area contributed by atoms with Crippen LogP contribution in [-0.4, -0.2) is 21.6 Å². The van der Waals surface area contributed by atoms with Crippen molar-refractivity contribution in [2.75, 3.05) is 7.11 Å². The molecule has 22 heavy (non-hydrogen) atoms. The maximum absolute atomic E-state index is 5.41. The van der Waals surface area contributed by atoms with Crippen LogP contribution in [0.25, 0.3) is 10.6 Å². The molecule has 0 aliphatic rings. The number of ether oxygens (including phenoxy) is 1. The first-order valence-corrected chi connectivity index (χ1v) is 8.90. The number of thiazole rings is 1. The van der Waals surface area contributed by atoms with E-state index in [1.807, 2.05) is 36.7 Å². The fourth-order valence-electron chi connectivity index (χ4n) is 2.13. The highest BCUT2D eigenvalue weighted by Crippen LogP contribution is 2.33. The number of hydrogen-bond acceptors (Lipinski definition) is 5. The van der Waals surface area contributed by atoms with Crippen LogP contribution < -0.4 is 4.74 Å². The Bertz CT molecular complexity index is 751. The summed E-state index contributed by atoms with van der Waals surface area (Å²) < 4.78 is 7.54. The van der Waals surface area contributed by atoms with Gasteiger partial charge in [-0.05, 0) is 19.1 Å². The van der Waals surface area contributed by atoms with Crippen molar-refractivity contribution in [1.29, 1.82) is 0 Å². The van der Waals surface area contributed by atoms with Gasteiger partial charge in [0.2, 0.25) is 0 Å². The molecule has 0 saturated carbocycles. The second-order valence-electron chi connectivity index (χ2n) is 4.63. The number of nitrogens with zero attached hydrogens (tertiary/aromatic N) is 3. The minimum Gasteiger partial charge on any atom is -0.496 e. The number of thioether (sulfide) groups is 1. The molecule has 0 aliphatic carbocycles. The van der Waals surface area contributed by atoms with Crippen LogP contribution in [-0.2, 0) is 12.3 Å². The Kier molecular flexibility index (Phi) is 4.80. The molecule has 0 N–H and O–H groups in total. The molecule has 2 heterocycles. The lowest BCUT2D eigenvalue weighted by Crippen LogP contribution is -1.95. The quantitative estimate of drug-likeness (QED) is 0.630. The number of aryl methyl sites for hydroxylation is 1. The fourth-order valence-corrected chi connectivity index (χ4v) is 4.00. The minimum absolute atomic E-state index is 0.822. The number of benzene rings is 1. The molecule has 0 fully saturated rings. The smallest absolute Gasteiger partial charge is 0.168 e. The monoisotopic (exact) mass is 331 g/mol. The second kappa shape index (κ2) is 6.98. The van der Waals surface area contributed by atoms with Crippen LogP contribution in [0.3, 0.4) is 0 Å². The van der Waals surface area contributed by atoms with Crippen LogP contribution in [0.15, 0.2) is 47.2 Å². The first-order valence-electron chi connectivity index (χ1n) is 7.03. The Balaban J connectivity index is 1.74.